The Labute approximate surface area is 153 Å². The highest BCUT2D eigenvalue weighted by atomic mass is 28.4. The first-order valence-corrected chi connectivity index (χ1v) is 15.1. The number of likely N-dealkylation sites (N-methyl/N-ethyl adjacent to an activating group) is 1. The second-order valence-corrected chi connectivity index (χ2v) is 19.6. The minimum atomic E-state index is -2.15. The highest BCUT2D eigenvalue weighted by Gasteiger charge is 2.48. The Morgan fingerprint density at radius 3 is 1.71 bits per heavy atom. The molecule has 0 amide bonds. The van der Waals surface area contributed by atoms with Crippen molar-refractivity contribution in [2.45, 2.75) is 90.4 Å². The topological polar surface area (TPSA) is 29.5 Å². The number of carbonyl (C=O) groups excluding carboxylic acids is 1. The summed E-state index contributed by atoms with van der Waals surface area (Å²) in [4.78, 5) is 15.1. The Morgan fingerprint density at radius 2 is 1.46 bits per heavy atom. The first-order chi connectivity index (χ1) is 10.8. The van der Waals surface area contributed by atoms with E-state index >= 15 is 0 Å². The fourth-order valence-electron chi connectivity index (χ4n) is 4.21. The normalized spacial score (nSPS) is 14.6. The second-order valence-electron chi connectivity index (χ2n) is 8.90. The lowest BCUT2D eigenvalue weighted by Crippen LogP contribution is -2.54. The molecule has 0 fully saturated rings. The van der Waals surface area contributed by atoms with Crippen LogP contribution in [0.25, 0.3) is 0 Å². The van der Waals surface area contributed by atoms with E-state index in [4.69, 9.17) is 4.43 Å². The predicted molar refractivity (Wildman–Crippen MR) is 112 cm³/mol. The molecule has 0 radical (unpaired) electrons. The summed E-state index contributed by atoms with van der Waals surface area (Å²) < 4.78 is 6.30. The third-order valence-corrected chi connectivity index (χ3v) is 13.6. The van der Waals surface area contributed by atoms with Crippen LogP contribution in [0.3, 0.4) is 0 Å². The van der Waals surface area contributed by atoms with Crippen molar-refractivity contribution in [3.05, 3.63) is 12.7 Å². The zero-order valence-electron chi connectivity index (χ0n) is 17.8. The van der Waals surface area contributed by atoms with Crippen LogP contribution in [0.15, 0.2) is 12.7 Å². The average molecular weight is 372 g/mol. The Kier molecular flexibility index (Phi) is 9.19. The molecule has 0 rings (SSSR count). The summed E-state index contributed by atoms with van der Waals surface area (Å²) in [5.74, 6) is -0.0512. The molecule has 0 aromatic carbocycles. The van der Waals surface area contributed by atoms with Crippen LogP contribution in [0.2, 0.25) is 36.3 Å². The highest BCUT2D eigenvalue weighted by Crippen LogP contribution is 2.42. The van der Waals surface area contributed by atoms with Crippen LogP contribution in [0.1, 0.15) is 48.5 Å². The van der Waals surface area contributed by atoms with Gasteiger partial charge in [0.05, 0.1) is 14.6 Å². The molecule has 0 aromatic rings. The SMILES string of the molecule is C=CC(N(CC)CC(=O)O[Si](C(C)C)(C(C)C)C(C)C)[Si](C)(C)C. The summed E-state index contributed by atoms with van der Waals surface area (Å²) in [6.45, 7) is 27.6. The van der Waals surface area contributed by atoms with Crippen LogP contribution in [-0.4, -0.2) is 46.0 Å². The first-order valence-electron chi connectivity index (χ1n) is 9.42. The van der Waals surface area contributed by atoms with Gasteiger partial charge in [0.25, 0.3) is 8.32 Å². The van der Waals surface area contributed by atoms with Crippen LogP contribution in [0, 0.1) is 0 Å². The third-order valence-electron chi connectivity index (χ3n) is 5.24. The molecule has 0 N–H and O–H groups in total. The van der Waals surface area contributed by atoms with Gasteiger partial charge in [-0.2, -0.15) is 0 Å². The van der Waals surface area contributed by atoms with Crippen LogP contribution in [0.5, 0.6) is 0 Å². The molecule has 1 unspecified atom stereocenters. The van der Waals surface area contributed by atoms with Gasteiger partial charge in [0.1, 0.15) is 0 Å². The van der Waals surface area contributed by atoms with Crippen molar-refractivity contribution in [2.75, 3.05) is 13.1 Å². The van der Waals surface area contributed by atoms with Gasteiger partial charge in [0, 0.05) is 5.67 Å². The summed E-state index contributed by atoms with van der Waals surface area (Å²) in [5, 5.41) is 0. The van der Waals surface area contributed by atoms with E-state index in [2.05, 4.69) is 79.6 Å². The Bertz CT molecular complexity index is 392. The molecule has 0 heterocycles. The van der Waals surface area contributed by atoms with Gasteiger partial charge in [-0.3, -0.25) is 9.69 Å². The average Bonchev–Trinajstić information content (AvgIpc) is 2.41. The zero-order chi connectivity index (χ0) is 19.3. The number of hydrogen-bond donors (Lipinski definition) is 0. The van der Waals surface area contributed by atoms with Crippen molar-refractivity contribution in [3.63, 3.8) is 0 Å². The van der Waals surface area contributed by atoms with Crippen molar-refractivity contribution >= 4 is 22.4 Å². The molecule has 0 aliphatic rings. The molecule has 24 heavy (non-hydrogen) atoms. The van der Waals surface area contributed by atoms with Crippen molar-refractivity contribution in [1.82, 2.24) is 4.90 Å². The number of carbonyl (C=O) groups is 1. The fourth-order valence-corrected chi connectivity index (χ4v) is 11.4. The van der Waals surface area contributed by atoms with E-state index in [9.17, 15) is 4.79 Å². The molecular weight excluding hydrogens is 330 g/mol. The van der Waals surface area contributed by atoms with Crippen molar-refractivity contribution in [1.29, 1.82) is 0 Å². The monoisotopic (exact) mass is 371 g/mol. The van der Waals surface area contributed by atoms with Gasteiger partial charge in [0.2, 0.25) is 0 Å². The van der Waals surface area contributed by atoms with Crippen LogP contribution >= 0.6 is 0 Å². The molecule has 0 spiro atoms. The van der Waals surface area contributed by atoms with E-state index in [1.165, 1.54) is 0 Å². The maximum atomic E-state index is 12.8. The Balaban J connectivity index is 5.37. The molecule has 0 bridgehead atoms. The van der Waals surface area contributed by atoms with Gasteiger partial charge in [-0.15, -0.1) is 6.58 Å². The minimum Gasteiger partial charge on any atom is -0.517 e. The summed E-state index contributed by atoms with van der Waals surface area (Å²) in [5.41, 5.74) is 1.56. The quantitative estimate of drug-likeness (QED) is 0.377. The number of rotatable bonds is 10. The van der Waals surface area contributed by atoms with Crippen LogP contribution < -0.4 is 0 Å². The first kappa shape index (κ1) is 23.6. The lowest BCUT2D eigenvalue weighted by atomic mass is 10.4. The van der Waals surface area contributed by atoms with E-state index in [1.807, 2.05) is 6.08 Å². The van der Waals surface area contributed by atoms with Crippen molar-refractivity contribution in [3.8, 4) is 0 Å². The maximum absolute atomic E-state index is 12.8. The van der Waals surface area contributed by atoms with Crippen molar-refractivity contribution in [2.24, 2.45) is 0 Å². The smallest absolute Gasteiger partial charge is 0.306 e. The van der Waals surface area contributed by atoms with E-state index < -0.39 is 16.4 Å². The third kappa shape index (κ3) is 5.56. The minimum absolute atomic E-state index is 0.0512. The molecule has 0 aliphatic carbocycles. The maximum Gasteiger partial charge on any atom is 0.306 e. The highest BCUT2D eigenvalue weighted by molar-refractivity contribution is 6.79. The molecule has 1 atom stereocenters. The molecule has 0 aromatic heterocycles. The summed E-state index contributed by atoms with van der Waals surface area (Å²) >= 11 is 0. The lowest BCUT2D eigenvalue weighted by Gasteiger charge is -2.42. The standard InChI is InChI=1S/C19H41NO2Si2/c1-12-18(23(9,10)11)20(13-2)14-19(21)22-24(15(3)4,16(5)6)17(7)8/h12,15-18H,1,13-14H2,2-11H3. The van der Waals surface area contributed by atoms with E-state index in [-0.39, 0.29) is 5.97 Å². The molecule has 3 nitrogen and oxygen atoms in total. The molecule has 5 heteroatoms. The summed E-state index contributed by atoms with van der Waals surface area (Å²) in [7, 11) is -3.60. The van der Waals surface area contributed by atoms with Gasteiger partial charge >= 0.3 is 5.97 Å². The fraction of sp³-hybridized carbons (Fsp3) is 0.842. The largest absolute Gasteiger partial charge is 0.517 e. The van der Waals surface area contributed by atoms with E-state index in [0.717, 1.165) is 6.54 Å². The Hall–Kier alpha value is -0.396. The van der Waals surface area contributed by atoms with Gasteiger partial charge in [-0.05, 0) is 23.2 Å². The van der Waals surface area contributed by atoms with Crippen LogP contribution in [-0.2, 0) is 9.22 Å². The predicted octanol–water partition coefficient (Wildman–Crippen LogP) is 5.46. The molecule has 0 aliphatic heterocycles. The summed E-state index contributed by atoms with van der Waals surface area (Å²) in [6, 6.07) is 0. The molecule has 142 valence electrons. The lowest BCUT2D eigenvalue weighted by molar-refractivity contribution is -0.137. The number of nitrogens with zero attached hydrogens (tertiary/aromatic N) is 1. The van der Waals surface area contributed by atoms with E-state index in [1.54, 1.807) is 0 Å². The van der Waals surface area contributed by atoms with Gasteiger partial charge in [0.15, 0.2) is 0 Å². The molecular formula is C19H41NO2Si2. The number of hydrogen-bond acceptors (Lipinski definition) is 3. The molecule has 0 saturated heterocycles. The van der Waals surface area contributed by atoms with Crippen molar-refractivity contribution < 1.29 is 9.22 Å². The van der Waals surface area contributed by atoms with Gasteiger partial charge in [-0.1, -0.05) is 74.2 Å². The van der Waals surface area contributed by atoms with Gasteiger partial charge < -0.3 is 4.43 Å². The molecule has 0 saturated carbocycles. The van der Waals surface area contributed by atoms with Gasteiger partial charge in [-0.25, -0.2) is 0 Å². The zero-order valence-corrected chi connectivity index (χ0v) is 19.8. The Morgan fingerprint density at radius 1 is 1.04 bits per heavy atom. The second kappa shape index (κ2) is 9.34. The summed E-state index contributed by atoms with van der Waals surface area (Å²) in [6.07, 6.45) is 2.01. The van der Waals surface area contributed by atoms with Crippen LogP contribution in [0.4, 0.5) is 0 Å². The van der Waals surface area contributed by atoms with E-state index in [0.29, 0.717) is 28.8 Å².